The number of carbonyl (C=O) groups is 3. The zero-order valence-electron chi connectivity index (χ0n) is 17.6. The number of rotatable bonds is 7. The molecule has 4 rings (SSSR count). The maximum Gasteiger partial charge on any atom is 0.294 e. The normalized spacial score (nSPS) is 16.2. The summed E-state index contributed by atoms with van der Waals surface area (Å²) in [5.41, 5.74) is 1.25. The second-order valence-corrected chi connectivity index (χ2v) is 8.65. The van der Waals surface area contributed by atoms with E-state index in [2.05, 4.69) is 19.2 Å². The number of hydrogen-bond donors (Lipinski definition) is 1. The molecular formula is C23H22N2O6S. The van der Waals surface area contributed by atoms with Crippen molar-refractivity contribution in [2.75, 3.05) is 25.3 Å². The largest absolute Gasteiger partial charge is 0.493 e. The van der Waals surface area contributed by atoms with Crippen molar-refractivity contribution in [2.45, 2.75) is 13.8 Å². The van der Waals surface area contributed by atoms with Gasteiger partial charge in [-0.15, -0.1) is 0 Å². The van der Waals surface area contributed by atoms with Crippen LogP contribution in [0.3, 0.4) is 0 Å². The van der Waals surface area contributed by atoms with E-state index in [0.29, 0.717) is 29.7 Å². The highest BCUT2D eigenvalue weighted by Crippen LogP contribution is 2.35. The molecule has 0 radical (unpaired) electrons. The van der Waals surface area contributed by atoms with E-state index in [9.17, 15) is 14.4 Å². The van der Waals surface area contributed by atoms with Crippen LogP contribution in [0.5, 0.6) is 17.2 Å². The highest BCUT2D eigenvalue weighted by atomic mass is 32.2. The van der Waals surface area contributed by atoms with Crippen molar-refractivity contribution in [3.05, 3.63) is 52.9 Å². The molecule has 2 aromatic carbocycles. The molecule has 0 unspecified atom stereocenters. The lowest BCUT2D eigenvalue weighted by Crippen LogP contribution is -2.36. The van der Waals surface area contributed by atoms with Crippen molar-refractivity contribution >= 4 is 40.6 Å². The summed E-state index contributed by atoms with van der Waals surface area (Å²) in [7, 11) is 0. The molecule has 0 spiro atoms. The number of benzene rings is 2. The predicted molar refractivity (Wildman–Crippen MR) is 121 cm³/mol. The van der Waals surface area contributed by atoms with Crippen LogP contribution in [-0.4, -0.2) is 41.9 Å². The molecule has 0 bridgehead atoms. The lowest BCUT2D eigenvalue weighted by molar-refractivity contribution is -0.127. The lowest BCUT2D eigenvalue weighted by Gasteiger charge is -2.12. The number of imide groups is 1. The molecule has 0 aliphatic carbocycles. The smallest absolute Gasteiger partial charge is 0.294 e. The minimum Gasteiger partial charge on any atom is -0.493 e. The maximum absolute atomic E-state index is 12.7. The van der Waals surface area contributed by atoms with Crippen LogP contribution in [0.4, 0.5) is 10.5 Å². The van der Waals surface area contributed by atoms with E-state index in [-0.39, 0.29) is 18.2 Å². The first-order valence-electron chi connectivity index (χ1n) is 10.1. The molecule has 2 aliphatic heterocycles. The molecule has 3 amide bonds. The zero-order valence-corrected chi connectivity index (χ0v) is 18.4. The van der Waals surface area contributed by atoms with Gasteiger partial charge in [0, 0.05) is 11.8 Å². The first-order valence-corrected chi connectivity index (χ1v) is 10.9. The fourth-order valence-corrected chi connectivity index (χ4v) is 3.87. The highest BCUT2D eigenvalue weighted by molar-refractivity contribution is 8.18. The molecule has 1 saturated heterocycles. The fourth-order valence-electron chi connectivity index (χ4n) is 3.03. The van der Waals surface area contributed by atoms with Crippen molar-refractivity contribution in [3.8, 4) is 17.2 Å². The van der Waals surface area contributed by atoms with Crippen LogP contribution in [0.2, 0.25) is 0 Å². The summed E-state index contributed by atoms with van der Waals surface area (Å²) >= 11 is 0.810. The van der Waals surface area contributed by atoms with E-state index < -0.39 is 17.1 Å². The number of ether oxygens (including phenoxy) is 3. The quantitative estimate of drug-likeness (QED) is 0.629. The maximum atomic E-state index is 12.7. The minimum atomic E-state index is -0.499. The number of thioether (sulfide) groups is 1. The van der Waals surface area contributed by atoms with Gasteiger partial charge in [0.15, 0.2) is 11.5 Å². The summed E-state index contributed by atoms with van der Waals surface area (Å²) in [4.78, 5) is 38.6. The van der Waals surface area contributed by atoms with Crippen LogP contribution < -0.4 is 19.5 Å². The van der Waals surface area contributed by atoms with E-state index in [1.165, 1.54) is 0 Å². The van der Waals surface area contributed by atoms with Gasteiger partial charge in [-0.2, -0.15) is 0 Å². The van der Waals surface area contributed by atoms with Gasteiger partial charge >= 0.3 is 0 Å². The third-order valence-corrected chi connectivity index (χ3v) is 5.50. The van der Waals surface area contributed by atoms with Gasteiger partial charge in [0.2, 0.25) is 12.7 Å². The number of hydrogen-bond acceptors (Lipinski definition) is 7. The fraction of sp³-hybridized carbons (Fsp3) is 0.261. The Balaban J connectivity index is 1.37. The Morgan fingerprint density at radius 2 is 1.91 bits per heavy atom. The van der Waals surface area contributed by atoms with Crippen molar-refractivity contribution < 1.29 is 28.6 Å². The van der Waals surface area contributed by atoms with Crippen molar-refractivity contribution in [1.82, 2.24) is 4.90 Å². The molecule has 9 heteroatoms. The summed E-state index contributed by atoms with van der Waals surface area (Å²) in [5.74, 6) is 1.30. The van der Waals surface area contributed by atoms with Gasteiger partial charge < -0.3 is 19.5 Å². The Kier molecular flexibility index (Phi) is 6.36. The van der Waals surface area contributed by atoms with Crippen LogP contribution in [0, 0.1) is 5.92 Å². The van der Waals surface area contributed by atoms with Gasteiger partial charge in [0.1, 0.15) is 12.3 Å². The van der Waals surface area contributed by atoms with E-state index in [4.69, 9.17) is 14.2 Å². The SMILES string of the molecule is CC(C)COc1ccc(C=C2SC(=O)N(CC(=O)Nc3ccc4c(c3)OCO4)C2=O)cc1. The summed E-state index contributed by atoms with van der Waals surface area (Å²) < 4.78 is 16.2. The van der Waals surface area contributed by atoms with E-state index in [0.717, 1.165) is 28.0 Å². The predicted octanol–water partition coefficient (Wildman–Crippen LogP) is 4.13. The van der Waals surface area contributed by atoms with Crippen molar-refractivity contribution in [3.63, 3.8) is 0 Å². The monoisotopic (exact) mass is 454 g/mol. The molecule has 2 heterocycles. The van der Waals surface area contributed by atoms with Gasteiger partial charge in [-0.3, -0.25) is 19.3 Å². The molecular weight excluding hydrogens is 432 g/mol. The van der Waals surface area contributed by atoms with Crippen LogP contribution in [0.15, 0.2) is 47.4 Å². The number of nitrogens with one attached hydrogen (secondary N) is 1. The number of anilines is 1. The molecule has 1 fully saturated rings. The van der Waals surface area contributed by atoms with Gasteiger partial charge in [-0.05, 0) is 53.6 Å². The van der Waals surface area contributed by atoms with Crippen LogP contribution >= 0.6 is 11.8 Å². The average molecular weight is 455 g/mol. The summed E-state index contributed by atoms with van der Waals surface area (Å²) in [6.07, 6.45) is 1.63. The molecule has 32 heavy (non-hydrogen) atoms. The first-order chi connectivity index (χ1) is 15.4. The second kappa shape index (κ2) is 9.35. The standard InChI is InChI=1S/C23H22N2O6S/c1-14(2)12-29-17-6-3-15(4-7-17)9-20-22(27)25(23(28)32-20)11-21(26)24-16-5-8-18-19(10-16)31-13-30-18/h3-10,14H,11-13H2,1-2H3,(H,24,26). The summed E-state index contributed by atoms with van der Waals surface area (Å²) in [6, 6.07) is 12.2. The summed E-state index contributed by atoms with van der Waals surface area (Å²) in [5, 5.41) is 2.18. The Morgan fingerprint density at radius 3 is 2.66 bits per heavy atom. The Labute approximate surface area is 189 Å². The Bertz CT molecular complexity index is 1080. The average Bonchev–Trinajstić information content (AvgIpc) is 3.33. The molecule has 2 aliphatic rings. The molecule has 0 atom stereocenters. The molecule has 2 aromatic rings. The summed E-state index contributed by atoms with van der Waals surface area (Å²) in [6.45, 7) is 4.51. The third kappa shape index (κ3) is 5.05. The zero-order chi connectivity index (χ0) is 22.7. The molecule has 8 nitrogen and oxygen atoms in total. The lowest BCUT2D eigenvalue weighted by atomic mass is 10.2. The number of fused-ring (bicyclic) bond motifs is 1. The first kappa shape index (κ1) is 21.8. The Hall–Kier alpha value is -3.46. The topological polar surface area (TPSA) is 94.2 Å². The molecule has 0 saturated carbocycles. The van der Waals surface area contributed by atoms with Gasteiger partial charge in [-0.25, -0.2) is 0 Å². The number of carbonyl (C=O) groups excluding carboxylic acids is 3. The van der Waals surface area contributed by atoms with Gasteiger partial charge in [0.25, 0.3) is 11.1 Å². The van der Waals surface area contributed by atoms with Gasteiger partial charge in [-0.1, -0.05) is 26.0 Å². The van der Waals surface area contributed by atoms with Crippen molar-refractivity contribution in [1.29, 1.82) is 0 Å². The number of amides is 3. The second-order valence-electron chi connectivity index (χ2n) is 7.66. The number of nitrogens with zero attached hydrogens (tertiary/aromatic N) is 1. The molecule has 0 aromatic heterocycles. The van der Waals surface area contributed by atoms with Crippen LogP contribution in [0.1, 0.15) is 19.4 Å². The third-order valence-electron chi connectivity index (χ3n) is 4.59. The van der Waals surface area contributed by atoms with Crippen LogP contribution in [0.25, 0.3) is 6.08 Å². The van der Waals surface area contributed by atoms with E-state index in [1.54, 1.807) is 24.3 Å². The van der Waals surface area contributed by atoms with Crippen molar-refractivity contribution in [2.24, 2.45) is 5.92 Å². The minimum absolute atomic E-state index is 0.129. The molecule has 166 valence electrons. The van der Waals surface area contributed by atoms with E-state index in [1.807, 2.05) is 24.3 Å². The van der Waals surface area contributed by atoms with E-state index >= 15 is 0 Å². The molecule has 1 N–H and O–H groups in total. The highest BCUT2D eigenvalue weighted by Gasteiger charge is 2.36. The van der Waals surface area contributed by atoms with Gasteiger partial charge in [0.05, 0.1) is 11.5 Å². The van der Waals surface area contributed by atoms with Crippen LogP contribution in [-0.2, 0) is 9.59 Å². The Morgan fingerprint density at radius 1 is 1.16 bits per heavy atom.